The summed E-state index contributed by atoms with van der Waals surface area (Å²) in [5, 5.41) is 12.1. The second-order valence-electron chi connectivity index (χ2n) is 7.00. The first-order valence-corrected chi connectivity index (χ1v) is 10.5. The Bertz CT molecular complexity index is 866. The average molecular weight is 375 g/mol. The first kappa shape index (κ1) is 18.8. The third-order valence-corrected chi connectivity index (χ3v) is 6.71. The molecule has 1 aromatic carbocycles. The maximum atomic E-state index is 12.2. The normalized spacial score (nSPS) is 20.7. The van der Waals surface area contributed by atoms with Crippen LogP contribution >= 0.6 is 0 Å². The van der Waals surface area contributed by atoms with E-state index in [9.17, 15) is 8.42 Å². The van der Waals surface area contributed by atoms with Crippen LogP contribution in [0.15, 0.2) is 35.2 Å². The lowest BCUT2D eigenvalue weighted by Crippen LogP contribution is -2.30. The number of nitrogens with zero attached hydrogens (tertiary/aromatic N) is 2. The Morgan fingerprint density at radius 1 is 1.08 bits per heavy atom. The first-order valence-electron chi connectivity index (χ1n) is 9.05. The number of nitrogens with one attached hydrogen (secondary N) is 2. The molecule has 0 bridgehead atoms. The van der Waals surface area contributed by atoms with E-state index in [2.05, 4.69) is 27.2 Å². The zero-order valence-electron chi connectivity index (χ0n) is 15.5. The van der Waals surface area contributed by atoms with Crippen molar-refractivity contribution in [2.75, 3.05) is 12.4 Å². The molecule has 2 N–H and O–H groups in total. The number of hydrogen-bond donors (Lipinski definition) is 2. The van der Waals surface area contributed by atoms with Crippen molar-refractivity contribution in [1.29, 1.82) is 0 Å². The average Bonchev–Trinajstić information content (AvgIpc) is 2.64. The van der Waals surface area contributed by atoms with Crippen molar-refractivity contribution in [1.82, 2.24) is 14.9 Å². The highest BCUT2D eigenvalue weighted by atomic mass is 32.2. The molecule has 0 unspecified atom stereocenters. The molecule has 1 fully saturated rings. The van der Waals surface area contributed by atoms with E-state index in [-0.39, 0.29) is 4.90 Å². The second-order valence-corrected chi connectivity index (χ2v) is 8.86. The molecule has 2 aromatic rings. The van der Waals surface area contributed by atoms with Crippen LogP contribution in [-0.2, 0) is 10.0 Å². The predicted octanol–water partition coefficient (Wildman–Crippen LogP) is 3.35. The van der Waals surface area contributed by atoms with E-state index in [1.807, 2.05) is 18.2 Å². The maximum absolute atomic E-state index is 12.2. The fourth-order valence-corrected chi connectivity index (χ4v) is 4.44. The molecule has 0 aliphatic heterocycles. The number of anilines is 1. The van der Waals surface area contributed by atoms with Gasteiger partial charge in [-0.3, -0.25) is 0 Å². The number of sulfonamides is 1. The van der Waals surface area contributed by atoms with Crippen LogP contribution in [-0.4, -0.2) is 31.7 Å². The van der Waals surface area contributed by atoms with Crippen LogP contribution in [0.3, 0.4) is 0 Å². The molecule has 1 saturated carbocycles. The smallest absolute Gasteiger partial charge is 0.240 e. The summed E-state index contributed by atoms with van der Waals surface area (Å²) in [4.78, 5) is 0.262. The highest BCUT2D eigenvalue weighted by Gasteiger charge is 2.21. The van der Waals surface area contributed by atoms with Crippen molar-refractivity contribution >= 4 is 15.8 Å². The number of rotatable bonds is 5. The minimum Gasteiger partial charge on any atom is -0.366 e. The third-order valence-electron chi connectivity index (χ3n) is 5.15. The van der Waals surface area contributed by atoms with Gasteiger partial charge in [-0.1, -0.05) is 31.9 Å². The zero-order chi connectivity index (χ0) is 18.7. The maximum Gasteiger partial charge on any atom is 0.240 e. The quantitative estimate of drug-likeness (QED) is 0.838. The fraction of sp³-hybridized carbons (Fsp3) is 0.474. The van der Waals surface area contributed by atoms with Crippen LogP contribution in [0.4, 0.5) is 5.82 Å². The predicted molar refractivity (Wildman–Crippen MR) is 103 cm³/mol. The van der Waals surface area contributed by atoms with Gasteiger partial charge in [0.2, 0.25) is 10.0 Å². The molecule has 2 atom stereocenters. The summed E-state index contributed by atoms with van der Waals surface area (Å²) in [6.45, 7) is 4.05. The molecule has 26 heavy (non-hydrogen) atoms. The number of hydrogen-bond acceptors (Lipinski definition) is 5. The van der Waals surface area contributed by atoms with Crippen molar-refractivity contribution in [2.24, 2.45) is 5.92 Å². The van der Waals surface area contributed by atoms with E-state index < -0.39 is 10.0 Å². The summed E-state index contributed by atoms with van der Waals surface area (Å²) in [5.74, 6) is 1.40. The van der Waals surface area contributed by atoms with Gasteiger partial charge in [0.1, 0.15) is 5.82 Å². The highest BCUT2D eigenvalue weighted by molar-refractivity contribution is 7.89. The molecule has 140 valence electrons. The molecule has 1 aromatic heterocycles. The van der Waals surface area contributed by atoms with Gasteiger partial charge in [0.05, 0.1) is 10.6 Å². The summed E-state index contributed by atoms with van der Waals surface area (Å²) in [6, 6.07) is 9.53. The van der Waals surface area contributed by atoms with Gasteiger partial charge in [0, 0.05) is 11.6 Å². The molecule has 0 radical (unpaired) electrons. The van der Waals surface area contributed by atoms with E-state index in [0.717, 1.165) is 17.8 Å². The van der Waals surface area contributed by atoms with Crippen molar-refractivity contribution in [3.05, 3.63) is 35.9 Å². The van der Waals surface area contributed by atoms with Crippen LogP contribution in [0.2, 0.25) is 0 Å². The fourth-order valence-electron chi connectivity index (χ4n) is 3.44. The monoisotopic (exact) mass is 374 g/mol. The summed E-state index contributed by atoms with van der Waals surface area (Å²) in [5.41, 5.74) is 2.08. The third kappa shape index (κ3) is 4.04. The summed E-state index contributed by atoms with van der Waals surface area (Å²) < 4.78 is 26.7. The zero-order valence-corrected chi connectivity index (χ0v) is 16.3. The van der Waals surface area contributed by atoms with Crippen LogP contribution in [0, 0.1) is 12.8 Å². The van der Waals surface area contributed by atoms with Crippen LogP contribution < -0.4 is 10.0 Å². The Morgan fingerprint density at radius 2 is 1.85 bits per heavy atom. The van der Waals surface area contributed by atoms with Crippen LogP contribution in [0.1, 0.15) is 38.2 Å². The van der Waals surface area contributed by atoms with Gasteiger partial charge < -0.3 is 5.32 Å². The molecular weight excluding hydrogens is 348 g/mol. The summed E-state index contributed by atoms with van der Waals surface area (Å²) in [7, 11) is -2.09. The highest BCUT2D eigenvalue weighted by Crippen LogP contribution is 2.27. The molecule has 1 aliphatic carbocycles. The largest absolute Gasteiger partial charge is 0.366 e. The number of benzene rings is 1. The van der Waals surface area contributed by atoms with Crippen molar-refractivity contribution < 1.29 is 8.42 Å². The van der Waals surface area contributed by atoms with Gasteiger partial charge in [-0.05, 0) is 56.5 Å². The van der Waals surface area contributed by atoms with Crippen molar-refractivity contribution in [3.8, 4) is 11.3 Å². The van der Waals surface area contributed by atoms with Gasteiger partial charge >= 0.3 is 0 Å². The molecule has 7 heteroatoms. The van der Waals surface area contributed by atoms with E-state index in [1.54, 1.807) is 19.1 Å². The van der Waals surface area contributed by atoms with E-state index in [4.69, 9.17) is 0 Å². The van der Waals surface area contributed by atoms with Crippen LogP contribution in [0.5, 0.6) is 0 Å². The molecular formula is C19H26N4O2S. The standard InChI is InChI=1S/C19H26N4O2S/c1-13-6-4-5-7-16(13)21-19-11-10-17(22-23-19)15-9-8-14(2)18(12-15)26(24,25)20-3/h8-13,16,20H,4-7H2,1-3H3,(H,21,23)/t13-,16-/m1/s1. The molecule has 0 saturated heterocycles. The molecule has 1 aliphatic rings. The van der Waals surface area contributed by atoms with Gasteiger partial charge in [0.25, 0.3) is 0 Å². The van der Waals surface area contributed by atoms with Gasteiger partial charge in [-0.15, -0.1) is 10.2 Å². The Balaban J connectivity index is 1.81. The van der Waals surface area contributed by atoms with Crippen molar-refractivity contribution in [3.63, 3.8) is 0 Å². The molecule has 3 rings (SSSR count). The van der Waals surface area contributed by atoms with E-state index >= 15 is 0 Å². The van der Waals surface area contributed by atoms with Gasteiger partial charge in [0.15, 0.2) is 0 Å². The lowest BCUT2D eigenvalue weighted by Gasteiger charge is -2.29. The van der Waals surface area contributed by atoms with Crippen molar-refractivity contribution in [2.45, 2.75) is 50.5 Å². The first-order chi connectivity index (χ1) is 12.4. The topological polar surface area (TPSA) is 84.0 Å². The number of aryl methyl sites for hydroxylation is 1. The SMILES string of the molecule is CNS(=O)(=O)c1cc(-c2ccc(N[C@@H]3CCCC[C@H]3C)nn2)ccc1C. The van der Waals surface area contributed by atoms with Gasteiger partial charge in [-0.25, -0.2) is 13.1 Å². The Kier molecular flexibility index (Phi) is 5.58. The molecule has 6 nitrogen and oxygen atoms in total. The Morgan fingerprint density at radius 3 is 2.50 bits per heavy atom. The number of aromatic nitrogens is 2. The minimum atomic E-state index is -3.50. The molecule has 0 amide bonds. The summed E-state index contributed by atoms with van der Waals surface area (Å²) >= 11 is 0. The lowest BCUT2D eigenvalue weighted by atomic mass is 9.86. The molecule has 1 heterocycles. The lowest BCUT2D eigenvalue weighted by molar-refractivity contribution is 0.349. The van der Waals surface area contributed by atoms with Gasteiger partial charge in [-0.2, -0.15) is 0 Å². The van der Waals surface area contributed by atoms with Crippen LogP contribution in [0.25, 0.3) is 11.3 Å². The Hall–Kier alpha value is -1.99. The molecule has 0 spiro atoms. The minimum absolute atomic E-state index is 0.262. The van der Waals surface area contributed by atoms with E-state index in [1.165, 1.54) is 26.3 Å². The van der Waals surface area contributed by atoms with E-state index in [0.29, 0.717) is 23.2 Å². The second kappa shape index (κ2) is 7.72. The Labute approximate surface area is 155 Å². The summed E-state index contributed by atoms with van der Waals surface area (Å²) in [6.07, 6.45) is 4.96.